The molecule has 0 atom stereocenters. The van der Waals surface area contributed by atoms with Gasteiger partial charge in [0.15, 0.2) is 0 Å². The lowest BCUT2D eigenvalue weighted by Gasteiger charge is -2.18. The molecular formula is C11H14N2OS. The minimum Gasteiger partial charge on any atom is -0.376 e. The highest BCUT2D eigenvalue weighted by molar-refractivity contribution is 7.71. The first-order valence-corrected chi connectivity index (χ1v) is 5.80. The predicted molar refractivity (Wildman–Crippen MR) is 59.4 cm³/mol. The van der Waals surface area contributed by atoms with Crippen molar-refractivity contribution in [3.8, 4) is 0 Å². The highest BCUT2D eigenvalue weighted by atomic mass is 32.1. The molecule has 4 heteroatoms. The summed E-state index contributed by atoms with van der Waals surface area (Å²) in [4.78, 5) is 7.95. The van der Waals surface area contributed by atoms with Gasteiger partial charge in [-0.05, 0) is 12.8 Å². The van der Waals surface area contributed by atoms with Crippen molar-refractivity contribution >= 4 is 12.2 Å². The van der Waals surface area contributed by atoms with E-state index in [9.17, 15) is 0 Å². The van der Waals surface area contributed by atoms with Crippen LogP contribution in [-0.2, 0) is 23.2 Å². The zero-order valence-corrected chi connectivity index (χ0v) is 9.62. The maximum Gasteiger partial charge on any atom is 0.135 e. The predicted octanol–water partition coefficient (Wildman–Crippen LogP) is 2.26. The van der Waals surface area contributed by atoms with Crippen molar-refractivity contribution in [2.45, 2.75) is 38.2 Å². The first-order chi connectivity index (χ1) is 7.19. The first kappa shape index (κ1) is 9.48. The molecule has 15 heavy (non-hydrogen) atoms. The van der Waals surface area contributed by atoms with Gasteiger partial charge in [0.05, 0.1) is 13.2 Å². The molecule has 0 saturated heterocycles. The van der Waals surface area contributed by atoms with Crippen molar-refractivity contribution in [1.29, 1.82) is 0 Å². The zero-order valence-electron chi connectivity index (χ0n) is 8.80. The molecule has 3 nitrogen and oxygen atoms in total. The van der Waals surface area contributed by atoms with E-state index in [4.69, 9.17) is 17.0 Å². The van der Waals surface area contributed by atoms with Gasteiger partial charge >= 0.3 is 0 Å². The minimum atomic E-state index is 0.265. The third-order valence-electron chi connectivity index (χ3n) is 3.42. The lowest BCUT2D eigenvalue weighted by Crippen LogP contribution is -2.17. The zero-order chi connectivity index (χ0) is 10.5. The average molecular weight is 222 g/mol. The molecule has 0 unspecified atom stereocenters. The van der Waals surface area contributed by atoms with Gasteiger partial charge in [0.25, 0.3) is 0 Å². The molecule has 0 radical (unpaired) electrons. The number of aromatic amines is 1. The number of rotatable bonds is 1. The second kappa shape index (κ2) is 3.12. The van der Waals surface area contributed by atoms with Gasteiger partial charge in [-0.25, -0.2) is 4.98 Å². The summed E-state index contributed by atoms with van der Waals surface area (Å²) in [5.74, 6) is 1.08. The highest BCUT2D eigenvalue weighted by Gasteiger charge is 2.41. The molecule has 0 bridgehead atoms. The number of nitrogens with one attached hydrogen (secondary N) is 1. The van der Waals surface area contributed by atoms with Crippen molar-refractivity contribution < 1.29 is 4.74 Å². The minimum absolute atomic E-state index is 0.265. The van der Waals surface area contributed by atoms with Crippen LogP contribution in [0.4, 0.5) is 0 Å². The third-order valence-corrected chi connectivity index (χ3v) is 3.76. The average Bonchev–Trinajstić information content (AvgIpc) is 2.98. The molecule has 1 aliphatic heterocycles. The maximum atomic E-state index is 5.39. The Labute approximate surface area is 93.9 Å². The Morgan fingerprint density at radius 1 is 1.47 bits per heavy atom. The van der Waals surface area contributed by atoms with E-state index in [1.807, 2.05) is 0 Å². The number of ether oxygens (including phenoxy) is 1. The molecule has 1 saturated carbocycles. The van der Waals surface area contributed by atoms with Crippen molar-refractivity contribution in [1.82, 2.24) is 9.97 Å². The molecule has 0 spiro atoms. The molecule has 80 valence electrons. The van der Waals surface area contributed by atoms with Crippen LogP contribution in [0.3, 0.4) is 0 Å². The molecule has 2 aliphatic rings. The SMILES string of the molecule is CC1(c2nc(=S)c3c([nH]2)CCOC3)CC1. The van der Waals surface area contributed by atoms with Crippen LogP contribution in [0.1, 0.15) is 36.8 Å². The topological polar surface area (TPSA) is 37.9 Å². The van der Waals surface area contributed by atoms with E-state index in [0.29, 0.717) is 6.61 Å². The van der Waals surface area contributed by atoms with Gasteiger partial charge < -0.3 is 9.72 Å². The first-order valence-electron chi connectivity index (χ1n) is 5.39. The van der Waals surface area contributed by atoms with E-state index in [0.717, 1.165) is 29.1 Å². The standard InChI is InChI=1S/C11H14N2OS/c1-11(3-4-11)10-12-8-2-5-14-6-7(8)9(15)13-10/h2-6H2,1H3,(H,12,13,15). The van der Waals surface area contributed by atoms with Crippen molar-refractivity contribution in [3.05, 3.63) is 21.7 Å². The Bertz CT molecular complexity index is 462. The summed E-state index contributed by atoms with van der Waals surface area (Å²) in [5, 5.41) is 0. The molecular weight excluding hydrogens is 208 g/mol. The Morgan fingerprint density at radius 3 is 3.00 bits per heavy atom. The van der Waals surface area contributed by atoms with E-state index in [1.54, 1.807) is 0 Å². The summed E-state index contributed by atoms with van der Waals surface area (Å²) in [6, 6.07) is 0. The van der Waals surface area contributed by atoms with Gasteiger partial charge in [-0.1, -0.05) is 19.1 Å². The van der Waals surface area contributed by atoms with Gasteiger partial charge in [0.2, 0.25) is 0 Å². The Morgan fingerprint density at radius 2 is 2.27 bits per heavy atom. The monoisotopic (exact) mass is 222 g/mol. The molecule has 3 rings (SSSR count). The Kier molecular flexibility index (Phi) is 1.97. The van der Waals surface area contributed by atoms with Crippen LogP contribution in [0.2, 0.25) is 0 Å². The summed E-state index contributed by atoms with van der Waals surface area (Å²) < 4.78 is 6.12. The molecule has 2 heterocycles. The smallest absolute Gasteiger partial charge is 0.135 e. The molecule has 1 aromatic rings. The number of hydrogen-bond acceptors (Lipinski definition) is 3. The van der Waals surface area contributed by atoms with E-state index in [2.05, 4.69) is 16.9 Å². The van der Waals surface area contributed by atoms with Crippen LogP contribution < -0.4 is 0 Å². The molecule has 1 aliphatic carbocycles. The van der Waals surface area contributed by atoms with E-state index >= 15 is 0 Å². The van der Waals surface area contributed by atoms with Crippen LogP contribution in [0.25, 0.3) is 0 Å². The quantitative estimate of drug-likeness (QED) is 0.741. The molecule has 0 amide bonds. The number of hydrogen-bond donors (Lipinski definition) is 1. The van der Waals surface area contributed by atoms with E-state index in [1.165, 1.54) is 18.5 Å². The molecule has 1 N–H and O–H groups in total. The molecule has 0 aromatic carbocycles. The fourth-order valence-corrected chi connectivity index (χ4v) is 2.24. The van der Waals surface area contributed by atoms with Gasteiger partial charge in [-0.2, -0.15) is 0 Å². The Balaban J connectivity index is 2.13. The second-order valence-corrected chi connectivity index (χ2v) is 5.10. The Hall–Kier alpha value is -0.740. The highest BCUT2D eigenvalue weighted by Crippen LogP contribution is 2.46. The summed E-state index contributed by atoms with van der Waals surface area (Å²) in [6.45, 7) is 3.65. The third kappa shape index (κ3) is 1.52. The summed E-state index contributed by atoms with van der Waals surface area (Å²) in [7, 11) is 0. The number of fused-ring (bicyclic) bond motifs is 1. The van der Waals surface area contributed by atoms with Crippen LogP contribution in [0.15, 0.2) is 0 Å². The van der Waals surface area contributed by atoms with Gasteiger partial charge in [-0.15, -0.1) is 0 Å². The van der Waals surface area contributed by atoms with Crippen molar-refractivity contribution in [3.63, 3.8) is 0 Å². The van der Waals surface area contributed by atoms with Crippen LogP contribution in [0.5, 0.6) is 0 Å². The number of aromatic nitrogens is 2. The fourth-order valence-electron chi connectivity index (χ4n) is 1.97. The lowest BCUT2D eigenvalue weighted by atomic mass is 10.1. The number of H-pyrrole nitrogens is 1. The maximum absolute atomic E-state index is 5.39. The van der Waals surface area contributed by atoms with Crippen molar-refractivity contribution in [2.75, 3.05) is 6.61 Å². The largest absolute Gasteiger partial charge is 0.376 e. The van der Waals surface area contributed by atoms with E-state index < -0.39 is 0 Å². The van der Waals surface area contributed by atoms with Gasteiger partial charge in [-0.3, -0.25) is 0 Å². The van der Waals surface area contributed by atoms with Crippen molar-refractivity contribution in [2.24, 2.45) is 0 Å². The summed E-state index contributed by atoms with van der Waals surface area (Å²) in [6.07, 6.45) is 3.38. The summed E-state index contributed by atoms with van der Waals surface area (Å²) >= 11 is 5.31. The normalized spacial score (nSPS) is 22.2. The molecule has 1 aromatic heterocycles. The van der Waals surface area contributed by atoms with Crippen LogP contribution in [-0.4, -0.2) is 16.6 Å². The van der Waals surface area contributed by atoms with Crippen LogP contribution in [0, 0.1) is 4.64 Å². The summed E-state index contributed by atoms with van der Waals surface area (Å²) in [5.41, 5.74) is 2.59. The van der Waals surface area contributed by atoms with E-state index in [-0.39, 0.29) is 5.41 Å². The lowest BCUT2D eigenvalue weighted by molar-refractivity contribution is 0.108. The van der Waals surface area contributed by atoms with Crippen LogP contribution >= 0.6 is 12.2 Å². The second-order valence-electron chi connectivity index (χ2n) is 4.71. The van der Waals surface area contributed by atoms with Gasteiger partial charge in [0, 0.05) is 23.1 Å². The number of nitrogens with zero attached hydrogens (tertiary/aromatic N) is 1. The fraction of sp³-hybridized carbons (Fsp3) is 0.636. The van der Waals surface area contributed by atoms with Gasteiger partial charge in [0.1, 0.15) is 10.5 Å². The molecule has 1 fully saturated rings.